The molecule has 3 nitrogen and oxygen atoms in total. The molecule has 1 aliphatic carbocycles. The van der Waals surface area contributed by atoms with E-state index in [4.69, 9.17) is 0 Å². The van der Waals surface area contributed by atoms with Gasteiger partial charge in [-0.3, -0.25) is 0 Å². The Bertz CT molecular complexity index is 457. The Balaban J connectivity index is 1.92. The largest absolute Gasteiger partial charge is 0.394 e. The van der Waals surface area contributed by atoms with Gasteiger partial charge in [0.1, 0.15) is 0 Å². The summed E-state index contributed by atoms with van der Waals surface area (Å²) >= 11 is 1.65. The number of nitrogens with one attached hydrogen (secondary N) is 1. The Labute approximate surface area is 91.8 Å². The first kappa shape index (κ1) is 9.12. The van der Waals surface area contributed by atoms with Crippen LogP contribution in [0, 0.1) is 0 Å². The molecule has 0 bridgehead atoms. The van der Waals surface area contributed by atoms with Crippen LogP contribution in [0.5, 0.6) is 0 Å². The third-order valence-corrected chi connectivity index (χ3v) is 3.77. The number of aliphatic hydroxyl groups excluding tert-OH is 1. The lowest BCUT2D eigenvalue weighted by atomic mass is 10.3. The quantitative estimate of drug-likeness (QED) is 0.833. The van der Waals surface area contributed by atoms with Crippen molar-refractivity contribution in [2.45, 2.75) is 18.4 Å². The van der Waals surface area contributed by atoms with E-state index >= 15 is 0 Å². The highest BCUT2D eigenvalue weighted by Gasteiger charge is 2.42. The zero-order valence-corrected chi connectivity index (χ0v) is 9.05. The van der Waals surface area contributed by atoms with Crippen molar-refractivity contribution in [1.82, 2.24) is 4.98 Å². The van der Waals surface area contributed by atoms with E-state index in [9.17, 15) is 5.11 Å². The molecular formula is C11H12N2OS. The molecule has 0 radical (unpaired) electrons. The molecule has 15 heavy (non-hydrogen) atoms. The van der Waals surface area contributed by atoms with E-state index in [-0.39, 0.29) is 12.1 Å². The highest BCUT2D eigenvalue weighted by Crippen LogP contribution is 2.40. The standard InChI is InChI=1S/C11H12N2OS/c14-7-11(5-6-11)13-10-12-8-3-1-2-4-9(8)15-10/h1-4,14H,5-7H2,(H,12,13). The molecule has 0 aliphatic heterocycles. The number of fused-ring (bicyclic) bond motifs is 1. The Hall–Kier alpha value is -1.13. The van der Waals surface area contributed by atoms with Crippen LogP contribution in [-0.4, -0.2) is 22.2 Å². The topological polar surface area (TPSA) is 45.1 Å². The molecule has 1 aromatic carbocycles. The predicted octanol–water partition coefficient (Wildman–Crippen LogP) is 2.23. The van der Waals surface area contributed by atoms with Gasteiger partial charge < -0.3 is 10.4 Å². The number of hydrogen-bond acceptors (Lipinski definition) is 4. The number of rotatable bonds is 3. The van der Waals surface area contributed by atoms with Crippen molar-refractivity contribution < 1.29 is 5.11 Å². The van der Waals surface area contributed by atoms with Crippen LogP contribution in [0.15, 0.2) is 24.3 Å². The van der Waals surface area contributed by atoms with Crippen molar-refractivity contribution in [3.8, 4) is 0 Å². The van der Waals surface area contributed by atoms with Gasteiger partial charge in [0.15, 0.2) is 5.13 Å². The molecule has 2 aromatic rings. The third kappa shape index (κ3) is 1.60. The fourth-order valence-electron chi connectivity index (χ4n) is 1.63. The molecule has 0 unspecified atom stereocenters. The highest BCUT2D eigenvalue weighted by atomic mass is 32.1. The van der Waals surface area contributed by atoms with Gasteiger partial charge in [0.05, 0.1) is 22.4 Å². The van der Waals surface area contributed by atoms with Gasteiger partial charge in [0.25, 0.3) is 0 Å². The van der Waals surface area contributed by atoms with E-state index in [0.29, 0.717) is 0 Å². The first-order chi connectivity index (χ1) is 7.31. The lowest BCUT2D eigenvalue weighted by Crippen LogP contribution is -2.25. The lowest BCUT2D eigenvalue weighted by molar-refractivity contribution is 0.266. The molecule has 2 N–H and O–H groups in total. The first-order valence-electron chi connectivity index (χ1n) is 5.06. The lowest BCUT2D eigenvalue weighted by Gasteiger charge is -2.11. The van der Waals surface area contributed by atoms with Crippen molar-refractivity contribution in [2.24, 2.45) is 0 Å². The van der Waals surface area contributed by atoms with Crippen LogP contribution in [0.4, 0.5) is 5.13 Å². The van der Waals surface area contributed by atoms with Crippen LogP contribution in [0.25, 0.3) is 10.2 Å². The van der Waals surface area contributed by atoms with Gasteiger partial charge in [-0.05, 0) is 25.0 Å². The first-order valence-corrected chi connectivity index (χ1v) is 5.88. The molecule has 0 saturated heterocycles. The number of para-hydroxylation sites is 1. The van der Waals surface area contributed by atoms with Crippen LogP contribution < -0.4 is 5.32 Å². The highest BCUT2D eigenvalue weighted by molar-refractivity contribution is 7.22. The Morgan fingerprint density at radius 2 is 2.20 bits per heavy atom. The molecule has 4 heteroatoms. The summed E-state index contributed by atoms with van der Waals surface area (Å²) in [6, 6.07) is 8.08. The molecule has 1 aromatic heterocycles. The minimum absolute atomic E-state index is 0.0755. The van der Waals surface area contributed by atoms with E-state index in [0.717, 1.165) is 23.5 Å². The molecule has 0 amide bonds. The summed E-state index contributed by atoms with van der Waals surface area (Å²) in [7, 11) is 0. The second-order valence-corrected chi connectivity index (χ2v) is 5.08. The van der Waals surface area contributed by atoms with Gasteiger partial charge in [-0.2, -0.15) is 0 Å². The number of benzene rings is 1. The number of aliphatic hydroxyl groups is 1. The minimum atomic E-state index is -0.0755. The summed E-state index contributed by atoms with van der Waals surface area (Å²) in [6.07, 6.45) is 2.08. The van der Waals surface area contributed by atoms with Crippen molar-refractivity contribution in [2.75, 3.05) is 11.9 Å². The Morgan fingerprint density at radius 3 is 2.87 bits per heavy atom. The number of hydrogen-bond donors (Lipinski definition) is 2. The smallest absolute Gasteiger partial charge is 0.184 e. The van der Waals surface area contributed by atoms with Crippen molar-refractivity contribution >= 4 is 26.7 Å². The summed E-state index contributed by atoms with van der Waals surface area (Å²) in [5.74, 6) is 0. The molecule has 1 saturated carbocycles. The molecule has 1 fully saturated rings. The van der Waals surface area contributed by atoms with Crippen LogP contribution in [-0.2, 0) is 0 Å². The number of aromatic nitrogens is 1. The molecule has 1 heterocycles. The number of thiazole rings is 1. The van der Waals surface area contributed by atoms with E-state index in [1.54, 1.807) is 11.3 Å². The maximum absolute atomic E-state index is 9.21. The van der Waals surface area contributed by atoms with Gasteiger partial charge >= 0.3 is 0 Å². The fourth-order valence-corrected chi connectivity index (χ4v) is 2.61. The molecule has 3 rings (SSSR count). The van der Waals surface area contributed by atoms with Crippen LogP contribution in [0.2, 0.25) is 0 Å². The fraction of sp³-hybridized carbons (Fsp3) is 0.364. The van der Waals surface area contributed by atoms with E-state index in [1.165, 1.54) is 4.70 Å². The second-order valence-electron chi connectivity index (χ2n) is 4.05. The van der Waals surface area contributed by atoms with Gasteiger partial charge in [-0.15, -0.1) is 0 Å². The van der Waals surface area contributed by atoms with Gasteiger partial charge in [0.2, 0.25) is 0 Å². The third-order valence-electron chi connectivity index (χ3n) is 2.82. The number of nitrogens with zero attached hydrogens (tertiary/aromatic N) is 1. The van der Waals surface area contributed by atoms with E-state index in [2.05, 4.69) is 16.4 Å². The van der Waals surface area contributed by atoms with Gasteiger partial charge in [-0.1, -0.05) is 23.5 Å². The van der Waals surface area contributed by atoms with E-state index in [1.807, 2.05) is 18.2 Å². The normalized spacial score (nSPS) is 17.9. The Morgan fingerprint density at radius 1 is 1.40 bits per heavy atom. The molecule has 78 valence electrons. The molecule has 1 aliphatic rings. The average molecular weight is 220 g/mol. The second kappa shape index (κ2) is 3.18. The Kier molecular flexibility index (Phi) is 1.94. The molecule has 0 atom stereocenters. The van der Waals surface area contributed by atoms with E-state index < -0.39 is 0 Å². The number of anilines is 1. The predicted molar refractivity (Wildman–Crippen MR) is 62.3 cm³/mol. The maximum atomic E-state index is 9.21. The van der Waals surface area contributed by atoms with Crippen molar-refractivity contribution in [3.63, 3.8) is 0 Å². The SMILES string of the molecule is OCC1(Nc2nc3ccccc3s2)CC1. The zero-order valence-electron chi connectivity index (χ0n) is 8.23. The van der Waals surface area contributed by atoms with Crippen LogP contribution in [0.3, 0.4) is 0 Å². The van der Waals surface area contributed by atoms with Crippen LogP contribution in [0.1, 0.15) is 12.8 Å². The van der Waals surface area contributed by atoms with Crippen molar-refractivity contribution in [1.29, 1.82) is 0 Å². The van der Waals surface area contributed by atoms with Crippen molar-refractivity contribution in [3.05, 3.63) is 24.3 Å². The molecular weight excluding hydrogens is 208 g/mol. The average Bonchev–Trinajstić information content (AvgIpc) is 2.91. The maximum Gasteiger partial charge on any atom is 0.184 e. The zero-order chi connectivity index (χ0) is 10.3. The van der Waals surface area contributed by atoms with Crippen LogP contribution >= 0.6 is 11.3 Å². The monoisotopic (exact) mass is 220 g/mol. The van der Waals surface area contributed by atoms with Gasteiger partial charge in [0, 0.05) is 0 Å². The molecule has 0 spiro atoms. The summed E-state index contributed by atoms with van der Waals surface area (Å²) in [5.41, 5.74) is 0.951. The summed E-state index contributed by atoms with van der Waals surface area (Å²) in [4.78, 5) is 4.48. The minimum Gasteiger partial charge on any atom is -0.394 e. The van der Waals surface area contributed by atoms with Gasteiger partial charge in [-0.25, -0.2) is 4.98 Å². The summed E-state index contributed by atoms with van der Waals surface area (Å²) in [6.45, 7) is 0.197. The summed E-state index contributed by atoms with van der Waals surface area (Å²) < 4.78 is 1.19. The summed E-state index contributed by atoms with van der Waals surface area (Å²) in [5, 5.41) is 13.5.